The van der Waals surface area contributed by atoms with E-state index in [9.17, 15) is 4.79 Å². The van der Waals surface area contributed by atoms with Gasteiger partial charge >= 0.3 is 0 Å². The SMILES string of the molecule is Cc1nc(-c2ccc(NC(=O)C3(N)CCOCC3)cc2)cs1. The number of nitrogens with one attached hydrogen (secondary N) is 1. The smallest absolute Gasteiger partial charge is 0.244 e. The van der Waals surface area contributed by atoms with Gasteiger partial charge in [0.05, 0.1) is 10.7 Å². The Morgan fingerprint density at radius 1 is 1.32 bits per heavy atom. The Bertz CT molecular complexity index is 660. The molecule has 1 aromatic heterocycles. The molecule has 0 spiro atoms. The number of nitrogens with two attached hydrogens (primary N) is 1. The number of aromatic nitrogens is 1. The second-order valence-corrected chi connectivity index (χ2v) is 6.61. The number of hydrogen-bond donors (Lipinski definition) is 2. The molecule has 2 heterocycles. The molecule has 1 aliphatic heterocycles. The fourth-order valence-corrected chi connectivity index (χ4v) is 3.06. The van der Waals surface area contributed by atoms with Gasteiger partial charge in [-0.1, -0.05) is 12.1 Å². The quantitative estimate of drug-likeness (QED) is 0.912. The molecule has 1 amide bonds. The largest absolute Gasteiger partial charge is 0.381 e. The van der Waals surface area contributed by atoms with Crippen LogP contribution in [0.25, 0.3) is 11.3 Å². The number of rotatable bonds is 3. The van der Waals surface area contributed by atoms with Crippen LogP contribution in [0.15, 0.2) is 29.6 Å². The van der Waals surface area contributed by atoms with Crippen molar-refractivity contribution in [2.45, 2.75) is 25.3 Å². The standard InChI is InChI=1S/C16H19N3O2S/c1-11-18-14(10-22-11)12-2-4-13(5-3-12)19-15(20)16(17)6-8-21-9-7-16/h2-5,10H,6-9,17H2,1H3,(H,19,20). The summed E-state index contributed by atoms with van der Waals surface area (Å²) in [5, 5.41) is 5.97. The highest BCUT2D eigenvalue weighted by Gasteiger charge is 2.35. The number of ether oxygens (including phenoxy) is 1. The number of benzene rings is 1. The molecule has 116 valence electrons. The summed E-state index contributed by atoms with van der Waals surface area (Å²) < 4.78 is 5.27. The average molecular weight is 317 g/mol. The highest BCUT2D eigenvalue weighted by molar-refractivity contribution is 7.09. The van der Waals surface area contributed by atoms with Gasteiger partial charge in [-0.3, -0.25) is 4.79 Å². The van der Waals surface area contributed by atoms with Gasteiger partial charge in [0.25, 0.3) is 0 Å². The van der Waals surface area contributed by atoms with E-state index in [1.54, 1.807) is 11.3 Å². The van der Waals surface area contributed by atoms with Crippen molar-refractivity contribution < 1.29 is 9.53 Å². The Morgan fingerprint density at radius 3 is 2.59 bits per heavy atom. The Kier molecular flexibility index (Phi) is 4.24. The molecule has 0 saturated carbocycles. The summed E-state index contributed by atoms with van der Waals surface area (Å²) in [7, 11) is 0. The van der Waals surface area contributed by atoms with Crippen molar-refractivity contribution in [3.8, 4) is 11.3 Å². The lowest BCUT2D eigenvalue weighted by Gasteiger charge is -2.31. The van der Waals surface area contributed by atoms with E-state index in [2.05, 4.69) is 10.3 Å². The zero-order valence-electron chi connectivity index (χ0n) is 12.5. The van der Waals surface area contributed by atoms with Gasteiger partial charge in [-0.25, -0.2) is 4.98 Å². The number of nitrogens with zero attached hydrogens (tertiary/aromatic N) is 1. The van der Waals surface area contributed by atoms with E-state index < -0.39 is 5.54 Å². The van der Waals surface area contributed by atoms with Crippen LogP contribution in [0, 0.1) is 6.92 Å². The maximum Gasteiger partial charge on any atom is 0.244 e. The Labute approximate surface area is 133 Å². The maximum atomic E-state index is 12.3. The molecule has 1 aromatic carbocycles. The minimum Gasteiger partial charge on any atom is -0.381 e. The van der Waals surface area contributed by atoms with Crippen LogP contribution in [0.3, 0.4) is 0 Å². The summed E-state index contributed by atoms with van der Waals surface area (Å²) in [5.74, 6) is -0.145. The number of carbonyl (C=O) groups excluding carboxylic acids is 1. The molecule has 1 fully saturated rings. The summed E-state index contributed by atoms with van der Waals surface area (Å²) >= 11 is 1.62. The molecule has 0 aliphatic carbocycles. The summed E-state index contributed by atoms with van der Waals surface area (Å²) in [5.41, 5.74) is 8.09. The van der Waals surface area contributed by atoms with Gasteiger partial charge in [-0.05, 0) is 31.9 Å². The molecular formula is C16H19N3O2S. The number of amides is 1. The molecule has 1 aliphatic rings. The molecule has 22 heavy (non-hydrogen) atoms. The third-order valence-corrected chi connectivity index (χ3v) is 4.67. The third kappa shape index (κ3) is 3.19. The normalized spacial score (nSPS) is 17.2. The van der Waals surface area contributed by atoms with Gasteiger partial charge < -0.3 is 15.8 Å². The van der Waals surface area contributed by atoms with Crippen LogP contribution in [0.2, 0.25) is 0 Å². The molecule has 0 bridgehead atoms. The van der Waals surface area contributed by atoms with Crippen LogP contribution in [-0.4, -0.2) is 29.6 Å². The molecule has 3 rings (SSSR count). The molecule has 1 saturated heterocycles. The first kappa shape index (κ1) is 15.1. The van der Waals surface area contributed by atoms with E-state index in [1.807, 2.05) is 36.6 Å². The van der Waals surface area contributed by atoms with Gasteiger partial charge in [0, 0.05) is 29.8 Å². The minimum atomic E-state index is -0.830. The molecule has 0 radical (unpaired) electrons. The van der Waals surface area contributed by atoms with E-state index in [1.165, 1.54) is 0 Å². The first-order valence-electron chi connectivity index (χ1n) is 7.27. The van der Waals surface area contributed by atoms with E-state index in [0.29, 0.717) is 26.1 Å². The third-order valence-electron chi connectivity index (χ3n) is 3.89. The lowest BCUT2D eigenvalue weighted by Crippen LogP contribution is -2.54. The minimum absolute atomic E-state index is 0.145. The van der Waals surface area contributed by atoms with E-state index in [0.717, 1.165) is 22.0 Å². The van der Waals surface area contributed by atoms with Crippen molar-refractivity contribution in [3.05, 3.63) is 34.7 Å². The zero-order valence-corrected chi connectivity index (χ0v) is 13.3. The number of anilines is 1. The molecule has 3 N–H and O–H groups in total. The zero-order chi connectivity index (χ0) is 15.6. The van der Waals surface area contributed by atoms with Crippen LogP contribution in [0.5, 0.6) is 0 Å². The Hall–Kier alpha value is -1.76. The molecule has 2 aromatic rings. The van der Waals surface area contributed by atoms with Gasteiger partial charge in [0.15, 0.2) is 0 Å². The molecular weight excluding hydrogens is 298 g/mol. The lowest BCUT2D eigenvalue weighted by atomic mass is 9.90. The van der Waals surface area contributed by atoms with Crippen molar-refractivity contribution in [1.82, 2.24) is 4.98 Å². The topological polar surface area (TPSA) is 77.2 Å². The number of thiazole rings is 1. The predicted octanol–water partition coefficient (Wildman–Crippen LogP) is 2.56. The van der Waals surface area contributed by atoms with Crippen molar-refractivity contribution in [3.63, 3.8) is 0 Å². The first-order chi connectivity index (χ1) is 10.6. The van der Waals surface area contributed by atoms with Crippen molar-refractivity contribution in [2.75, 3.05) is 18.5 Å². The van der Waals surface area contributed by atoms with Crippen LogP contribution < -0.4 is 11.1 Å². The predicted molar refractivity (Wildman–Crippen MR) is 87.9 cm³/mol. The first-order valence-corrected chi connectivity index (χ1v) is 8.15. The summed E-state index contributed by atoms with van der Waals surface area (Å²) in [6.07, 6.45) is 1.10. The number of aryl methyl sites for hydroxylation is 1. The van der Waals surface area contributed by atoms with Gasteiger partial charge in [-0.15, -0.1) is 11.3 Å². The molecule has 6 heteroatoms. The monoisotopic (exact) mass is 317 g/mol. The van der Waals surface area contributed by atoms with Crippen molar-refractivity contribution in [2.24, 2.45) is 5.73 Å². The van der Waals surface area contributed by atoms with E-state index in [4.69, 9.17) is 10.5 Å². The van der Waals surface area contributed by atoms with Gasteiger partial charge in [-0.2, -0.15) is 0 Å². The van der Waals surface area contributed by atoms with Gasteiger partial charge in [0.1, 0.15) is 5.54 Å². The summed E-state index contributed by atoms with van der Waals surface area (Å²) in [4.78, 5) is 16.8. The van der Waals surface area contributed by atoms with Crippen LogP contribution in [-0.2, 0) is 9.53 Å². The summed E-state index contributed by atoms with van der Waals surface area (Å²) in [6, 6.07) is 7.67. The second kappa shape index (κ2) is 6.16. The number of hydrogen-bond acceptors (Lipinski definition) is 5. The van der Waals surface area contributed by atoms with Crippen molar-refractivity contribution >= 4 is 22.9 Å². The van der Waals surface area contributed by atoms with Crippen molar-refractivity contribution in [1.29, 1.82) is 0 Å². The highest BCUT2D eigenvalue weighted by Crippen LogP contribution is 2.24. The van der Waals surface area contributed by atoms with Crippen LogP contribution >= 0.6 is 11.3 Å². The van der Waals surface area contributed by atoms with Gasteiger partial charge in [0.2, 0.25) is 5.91 Å². The highest BCUT2D eigenvalue weighted by atomic mass is 32.1. The number of carbonyl (C=O) groups is 1. The lowest BCUT2D eigenvalue weighted by molar-refractivity contribution is -0.124. The molecule has 0 atom stereocenters. The molecule has 5 nitrogen and oxygen atoms in total. The Balaban J connectivity index is 1.69. The average Bonchev–Trinajstić information content (AvgIpc) is 2.95. The van der Waals surface area contributed by atoms with E-state index >= 15 is 0 Å². The fraction of sp³-hybridized carbons (Fsp3) is 0.375. The summed E-state index contributed by atoms with van der Waals surface area (Å²) in [6.45, 7) is 3.05. The van der Waals surface area contributed by atoms with Crippen LogP contribution in [0.4, 0.5) is 5.69 Å². The fourth-order valence-electron chi connectivity index (χ4n) is 2.44. The van der Waals surface area contributed by atoms with E-state index in [-0.39, 0.29) is 5.91 Å². The molecule has 0 unspecified atom stereocenters. The van der Waals surface area contributed by atoms with Crippen LogP contribution in [0.1, 0.15) is 17.8 Å². The maximum absolute atomic E-state index is 12.3. The Morgan fingerprint density at radius 2 is 2.00 bits per heavy atom. The second-order valence-electron chi connectivity index (χ2n) is 5.55.